The molecule has 0 spiro atoms. The van der Waals surface area contributed by atoms with Crippen molar-refractivity contribution in [2.75, 3.05) is 0 Å². The molecule has 0 aromatic heterocycles. The lowest BCUT2D eigenvalue weighted by Crippen LogP contribution is -1.98. The highest BCUT2D eigenvalue weighted by atomic mass is 16.1. The molecule has 30 heavy (non-hydrogen) atoms. The molecule has 0 aliphatic rings. The molecule has 0 atom stereocenters. The Hall–Kier alpha value is -4.04. The molecule has 0 bridgehead atoms. The molecule has 0 saturated carbocycles. The zero-order valence-corrected chi connectivity index (χ0v) is 16.3. The van der Waals surface area contributed by atoms with Crippen LogP contribution in [-0.4, -0.2) is 12.5 Å². The zero-order chi connectivity index (χ0) is 20.3. The molecule has 142 valence electrons. The normalized spacial score (nSPS) is 11.3. The molecule has 2 heteroatoms. The van der Waals surface area contributed by atoms with E-state index in [1.54, 1.807) is 6.21 Å². The molecular formula is C28H19NO. The Labute approximate surface area is 175 Å². The average molecular weight is 385 g/mol. The van der Waals surface area contributed by atoms with E-state index in [0.717, 1.165) is 50.2 Å². The Morgan fingerprint density at radius 2 is 1.30 bits per heavy atom. The van der Waals surface area contributed by atoms with Crippen LogP contribution in [0.15, 0.2) is 108 Å². The molecule has 5 aromatic rings. The molecule has 0 aliphatic heterocycles. The minimum atomic E-state index is 0.657. The smallest absolute Gasteiger partial charge is 0.151 e. The Morgan fingerprint density at radius 3 is 2.10 bits per heavy atom. The Kier molecular flexibility index (Phi) is 4.66. The monoisotopic (exact) mass is 385 g/mol. The van der Waals surface area contributed by atoms with Crippen molar-refractivity contribution in [3.8, 4) is 11.1 Å². The first kappa shape index (κ1) is 18.0. The van der Waals surface area contributed by atoms with Crippen LogP contribution >= 0.6 is 0 Å². The second-order valence-electron chi connectivity index (χ2n) is 7.21. The van der Waals surface area contributed by atoms with Crippen molar-refractivity contribution in [1.29, 1.82) is 0 Å². The molecule has 0 heterocycles. The van der Waals surface area contributed by atoms with E-state index in [9.17, 15) is 4.79 Å². The third-order valence-electron chi connectivity index (χ3n) is 5.41. The SMILES string of the molecule is O=Cc1c(C=Nc2ccccc2)cc2ccccc2c1-c1cccc2ccccc12. The molecule has 0 unspecified atom stereocenters. The number of carbonyl (C=O) groups is 1. The Balaban J connectivity index is 1.82. The molecule has 0 N–H and O–H groups in total. The molecule has 2 nitrogen and oxygen atoms in total. The van der Waals surface area contributed by atoms with E-state index in [4.69, 9.17) is 0 Å². The fraction of sp³-hybridized carbons (Fsp3) is 0. The van der Waals surface area contributed by atoms with Crippen LogP contribution in [0, 0.1) is 0 Å². The van der Waals surface area contributed by atoms with Gasteiger partial charge in [-0.1, -0.05) is 84.9 Å². The average Bonchev–Trinajstić information content (AvgIpc) is 2.82. The highest BCUT2D eigenvalue weighted by molar-refractivity contribution is 6.14. The van der Waals surface area contributed by atoms with E-state index in [1.807, 2.05) is 66.7 Å². The number of fused-ring (bicyclic) bond motifs is 2. The minimum Gasteiger partial charge on any atom is -0.298 e. The summed E-state index contributed by atoms with van der Waals surface area (Å²) in [5.74, 6) is 0. The fourth-order valence-electron chi connectivity index (χ4n) is 4.01. The zero-order valence-electron chi connectivity index (χ0n) is 16.3. The number of hydrogen-bond acceptors (Lipinski definition) is 2. The highest BCUT2D eigenvalue weighted by Gasteiger charge is 2.16. The van der Waals surface area contributed by atoms with Crippen LogP contribution in [0.25, 0.3) is 32.7 Å². The summed E-state index contributed by atoms with van der Waals surface area (Å²) in [6, 6.07) is 34.5. The van der Waals surface area contributed by atoms with E-state index in [1.165, 1.54) is 0 Å². The van der Waals surface area contributed by atoms with Gasteiger partial charge >= 0.3 is 0 Å². The van der Waals surface area contributed by atoms with Gasteiger partial charge in [0.1, 0.15) is 0 Å². The fourth-order valence-corrected chi connectivity index (χ4v) is 4.01. The largest absolute Gasteiger partial charge is 0.298 e. The summed E-state index contributed by atoms with van der Waals surface area (Å²) in [6.07, 6.45) is 2.75. The van der Waals surface area contributed by atoms with Crippen LogP contribution in [0.3, 0.4) is 0 Å². The third kappa shape index (κ3) is 3.19. The van der Waals surface area contributed by atoms with Crippen LogP contribution in [0.5, 0.6) is 0 Å². The van der Waals surface area contributed by atoms with Crippen molar-refractivity contribution < 1.29 is 4.79 Å². The van der Waals surface area contributed by atoms with Gasteiger partial charge in [-0.3, -0.25) is 9.79 Å². The van der Waals surface area contributed by atoms with Crippen molar-refractivity contribution >= 4 is 39.7 Å². The first-order chi connectivity index (χ1) is 14.8. The summed E-state index contributed by atoms with van der Waals surface area (Å²) >= 11 is 0. The third-order valence-corrected chi connectivity index (χ3v) is 5.41. The minimum absolute atomic E-state index is 0.657. The summed E-state index contributed by atoms with van der Waals surface area (Å²) in [7, 11) is 0. The van der Waals surface area contributed by atoms with Crippen LogP contribution in [0.1, 0.15) is 15.9 Å². The Bertz CT molecular complexity index is 1400. The van der Waals surface area contributed by atoms with Gasteiger partial charge in [0.05, 0.1) is 5.69 Å². The van der Waals surface area contributed by atoms with Crippen molar-refractivity contribution in [2.45, 2.75) is 0 Å². The number of para-hydroxylation sites is 1. The topological polar surface area (TPSA) is 29.4 Å². The molecule has 0 saturated heterocycles. The van der Waals surface area contributed by atoms with Gasteiger partial charge < -0.3 is 0 Å². The first-order valence-corrected chi connectivity index (χ1v) is 9.93. The number of hydrogen-bond donors (Lipinski definition) is 0. The summed E-state index contributed by atoms with van der Waals surface area (Å²) in [5.41, 5.74) is 4.34. The predicted molar refractivity (Wildman–Crippen MR) is 126 cm³/mol. The number of carbonyl (C=O) groups excluding carboxylic acids is 1. The number of aliphatic imine (C=N–C) groups is 1. The van der Waals surface area contributed by atoms with Gasteiger partial charge in [-0.15, -0.1) is 0 Å². The standard InChI is InChI=1S/C28H19NO/c30-19-27-22(18-29-23-12-2-1-3-13-23)17-21-10-5-7-15-25(21)28(27)26-16-8-11-20-9-4-6-14-24(20)26/h1-19H. The predicted octanol–water partition coefficient (Wildman–Crippen LogP) is 7.22. The van der Waals surface area contributed by atoms with Gasteiger partial charge in [0, 0.05) is 22.9 Å². The van der Waals surface area contributed by atoms with Gasteiger partial charge in [0.2, 0.25) is 0 Å². The Morgan fingerprint density at radius 1 is 0.633 bits per heavy atom. The molecular weight excluding hydrogens is 366 g/mol. The van der Waals surface area contributed by atoms with E-state index >= 15 is 0 Å². The molecule has 5 rings (SSSR count). The van der Waals surface area contributed by atoms with Gasteiger partial charge in [-0.05, 0) is 45.3 Å². The van der Waals surface area contributed by atoms with Crippen molar-refractivity contribution in [3.63, 3.8) is 0 Å². The maximum absolute atomic E-state index is 12.4. The number of benzene rings is 5. The van der Waals surface area contributed by atoms with E-state index in [2.05, 4.69) is 41.4 Å². The quantitative estimate of drug-likeness (QED) is 0.237. The van der Waals surface area contributed by atoms with E-state index in [0.29, 0.717) is 5.56 Å². The summed E-state index contributed by atoms with van der Waals surface area (Å²) in [5, 5.41) is 4.43. The van der Waals surface area contributed by atoms with Gasteiger partial charge in [-0.2, -0.15) is 0 Å². The van der Waals surface area contributed by atoms with Crippen molar-refractivity contribution in [1.82, 2.24) is 0 Å². The highest BCUT2D eigenvalue weighted by Crippen LogP contribution is 2.37. The summed E-state index contributed by atoms with van der Waals surface area (Å²) < 4.78 is 0. The lowest BCUT2D eigenvalue weighted by molar-refractivity contribution is 0.112. The lowest BCUT2D eigenvalue weighted by Gasteiger charge is -2.15. The lowest BCUT2D eigenvalue weighted by atomic mass is 9.88. The van der Waals surface area contributed by atoms with Gasteiger partial charge in [0.25, 0.3) is 0 Å². The molecule has 5 aromatic carbocycles. The van der Waals surface area contributed by atoms with Gasteiger partial charge in [0.15, 0.2) is 6.29 Å². The van der Waals surface area contributed by atoms with Crippen molar-refractivity contribution in [3.05, 3.63) is 114 Å². The van der Waals surface area contributed by atoms with E-state index < -0.39 is 0 Å². The summed E-state index contributed by atoms with van der Waals surface area (Å²) in [6.45, 7) is 0. The van der Waals surface area contributed by atoms with Crippen LogP contribution < -0.4 is 0 Å². The maximum atomic E-state index is 12.4. The van der Waals surface area contributed by atoms with E-state index in [-0.39, 0.29) is 0 Å². The van der Waals surface area contributed by atoms with Crippen molar-refractivity contribution in [2.24, 2.45) is 4.99 Å². The molecule has 0 fully saturated rings. The maximum Gasteiger partial charge on any atom is 0.151 e. The molecule has 0 radical (unpaired) electrons. The van der Waals surface area contributed by atoms with Crippen LogP contribution in [0.2, 0.25) is 0 Å². The van der Waals surface area contributed by atoms with Crippen LogP contribution in [-0.2, 0) is 0 Å². The molecule has 0 amide bonds. The van der Waals surface area contributed by atoms with Crippen LogP contribution in [0.4, 0.5) is 5.69 Å². The molecule has 0 aliphatic carbocycles. The second kappa shape index (κ2) is 7.76. The second-order valence-corrected chi connectivity index (χ2v) is 7.21. The number of nitrogens with zero attached hydrogens (tertiary/aromatic N) is 1. The summed E-state index contributed by atoms with van der Waals surface area (Å²) in [4.78, 5) is 17.0. The van der Waals surface area contributed by atoms with Gasteiger partial charge in [-0.25, -0.2) is 0 Å². The number of aldehydes is 1. The first-order valence-electron chi connectivity index (χ1n) is 9.93. The number of rotatable bonds is 4.